The van der Waals surface area contributed by atoms with Crippen molar-refractivity contribution >= 4 is 11.6 Å². The summed E-state index contributed by atoms with van der Waals surface area (Å²) in [7, 11) is 0. The van der Waals surface area contributed by atoms with Gasteiger partial charge in [-0.2, -0.15) is 0 Å². The van der Waals surface area contributed by atoms with Gasteiger partial charge in [0.1, 0.15) is 5.82 Å². The summed E-state index contributed by atoms with van der Waals surface area (Å²) in [5.74, 6) is -0.271. The van der Waals surface area contributed by atoms with Gasteiger partial charge in [0.2, 0.25) is 0 Å². The minimum absolute atomic E-state index is 0.270. The molecule has 1 unspecified atom stereocenters. The minimum Gasteiger partial charge on any atom is -0.326 e. The van der Waals surface area contributed by atoms with E-state index in [1.165, 1.54) is 6.07 Å². The molecule has 0 heterocycles. The van der Waals surface area contributed by atoms with E-state index >= 15 is 0 Å². The van der Waals surface area contributed by atoms with E-state index in [9.17, 15) is 4.39 Å². The summed E-state index contributed by atoms with van der Waals surface area (Å²) in [5, 5.41) is 0.520. The highest BCUT2D eigenvalue weighted by molar-refractivity contribution is 6.31. The van der Waals surface area contributed by atoms with Crippen molar-refractivity contribution in [3.05, 3.63) is 34.1 Å². The molecule has 0 aliphatic rings. The highest BCUT2D eigenvalue weighted by Gasteiger charge is 2.17. The topological polar surface area (TPSA) is 52.0 Å². The molecule has 0 aromatic heterocycles. The van der Waals surface area contributed by atoms with E-state index in [0.29, 0.717) is 22.6 Å². The molecular weight excluding hydrogens is 239 g/mol. The number of hydrogen-bond acceptors (Lipinski definition) is 2. The predicted molar refractivity (Wildman–Crippen MR) is 70.6 cm³/mol. The molecule has 17 heavy (non-hydrogen) atoms. The summed E-state index contributed by atoms with van der Waals surface area (Å²) < 4.78 is 13.5. The van der Waals surface area contributed by atoms with Gasteiger partial charge >= 0.3 is 0 Å². The normalized spacial score (nSPS) is 13.8. The van der Waals surface area contributed by atoms with Crippen molar-refractivity contribution in [2.75, 3.05) is 0 Å². The molecule has 0 amide bonds. The van der Waals surface area contributed by atoms with Crippen molar-refractivity contribution in [1.82, 2.24) is 0 Å². The first-order valence-corrected chi connectivity index (χ1v) is 6.08. The zero-order valence-electron chi connectivity index (χ0n) is 10.6. The van der Waals surface area contributed by atoms with Crippen LogP contribution in [0.4, 0.5) is 4.39 Å². The van der Waals surface area contributed by atoms with Crippen molar-refractivity contribution in [3.8, 4) is 0 Å². The lowest BCUT2D eigenvalue weighted by atomic mass is 9.93. The van der Waals surface area contributed by atoms with Crippen LogP contribution in [0.5, 0.6) is 0 Å². The Bertz CT molecular complexity index is 399. The highest BCUT2D eigenvalue weighted by atomic mass is 35.5. The lowest BCUT2D eigenvalue weighted by Crippen LogP contribution is -2.32. The van der Waals surface area contributed by atoms with Crippen molar-refractivity contribution in [3.63, 3.8) is 0 Å². The first-order chi connectivity index (χ1) is 7.70. The van der Waals surface area contributed by atoms with Gasteiger partial charge in [-0.05, 0) is 56.9 Å². The maximum atomic E-state index is 13.5. The van der Waals surface area contributed by atoms with Gasteiger partial charge in [-0.15, -0.1) is 0 Å². The van der Waals surface area contributed by atoms with Crippen LogP contribution >= 0.6 is 11.6 Å². The Morgan fingerprint density at radius 2 is 2.00 bits per heavy atom. The zero-order valence-corrected chi connectivity index (χ0v) is 11.3. The average molecular weight is 259 g/mol. The number of benzene rings is 1. The molecule has 0 fully saturated rings. The third kappa shape index (κ3) is 4.26. The predicted octanol–water partition coefficient (Wildman–Crippen LogP) is 3.30. The van der Waals surface area contributed by atoms with Gasteiger partial charge in [-0.25, -0.2) is 4.39 Å². The summed E-state index contributed by atoms with van der Waals surface area (Å²) in [6, 6.07) is 2.76. The Kier molecular flexibility index (Phi) is 4.53. The van der Waals surface area contributed by atoms with E-state index in [4.69, 9.17) is 23.1 Å². The average Bonchev–Trinajstić information content (AvgIpc) is 2.19. The van der Waals surface area contributed by atoms with E-state index < -0.39 is 0 Å². The molecule has 0 aliphatic heterocycles. The van der Waals surface area contributed by atoms with Gasteiger partial charge in [0, 0.05) is 16.6 Å². The molecule has 96 valence electrons. The van der Waals surface area contributed by atoms with E-state index in [1.54, 1.807) is 13.0 Å². The zero-order chi connectivity index (χ0) is 13.2. The monoisotopic (exact) mass is 258 g/mol. The van der Waals surface area contributed by atoms with Crippen molar-refractivity contribution < 1.29 is 4.39 Å². The molecule has 1 atom stereocenters. The molecule has 2 nitrogen and oxygen atoms in total. The Morgan fingerprint density at radius 3 is 2.53 bits per heavy atom. The summed E-state index contributed by atoms with van der Waals surface area (Å²) in [4.78, 5) is 0. The first-order valence-electron chi connectivity index (χ1n) is 5.71. The molecule has 1 aromatic rings. The Labute approximate surface area is 107 Å². The Balaban J connectivity index is 2.82. The van der Waals surface area contributed by atoms with E-state index in [0.717, 1.165) is 6.42 Å². The lowest BCUT2D eigenvalue weighted by Gasteiger charge is -2.22. The minimum atomic E-state index is -0.277. The van der Waals surface area contributed by atoms with Crippen LogP contribution in [0.2, 0.25) is 5.02 Å². The molecule has 1 rings (SSSR count). The number of halogens is 2. The summed E-state index contributed by atoms with van der Waals surface area (Å²) in [6.45, 7) is 5.56. The number of nitrogens with two attached hydrogens (primary N) is 2. The van der Waals surface area contributed by atoms with Crippen LogP contribution in [-0.4, -0.2) is 5.54 Å². The van der Waals surface area contributed by atoms with Crippen LogP contribution in [0.25, 0.3) is 0 Å². The second-order valence-corrected chi connectivity index (χ2v) is 5.66. The lowest BCUT2D eigenvalue weighted by molar-refractivity contribution is 0.432. The number of rotatable bonds is 4. The summed E-state index contributed by atoms with van der Waals surface area (Å²) in [5.41, 5.74) is 12.8. The third-order valence-corrected chi connectivity index (χ3v) is 3.10. The second kappa shape index (κ2) is 5.34. The first kappa shape index (κ1) is 14.4. The van der Waals surface area contributed by atoms with E-state index in [2.05, 4.69) is 0 Å². The highest BCUT2D eigenvalue weighted by Crippen LogP contribution is 2.28. The van der Waals surface area contributed by atoms with E-state index in [1.807, 2.05) is 13.8 Å². The molecule has 0 aliphatic carbocycles. The van der Waals surface area contributed by atoms with Crippen LogP contribution in [0.1, 0.15) is 43.9 Å². The fraction of sp³-hybridized carbons (Fsp3) is 0.538. The Morgan fingerprint density at radius 1 is 1.41 bits per heavy atom. The Hall–Kier alpha value is -0.640. The molecule has 0 bridgehead atoms. The van der Waals surface area contributed by atoms with Crippen LogP contribution in [-0.2, 0) is 0 Å². The summed E-state index contributed by atoms with van der Waals surface area (Å²) >= 11 is 6.07. The molecule has 0 spiro atoms. The van der Waals surface area contributed by atoms with Crippen LogP contribution in [0, 0.1) is 12.7 Å². The number of hydrogen-bond donors (Lipinski definition) is 2. The van der Waals surface area contributed by atoms with Crippen molar-refractivity contribution in [1.29, 1.82) is 0 Å². The van der Waals surface area contributed by atoms with Crippen LogP contribution < -0.4 is 11.5 Å². The van der Waals surface area contributed by atoms with E-state index in [-0.39, 0.29) is 17.4 Å². The van der Waals surface area contributed by atoms with Crippen LogP contribution in [0.3, 0.4) is 0 Å². The van der Waals surface area contributed by atoms with Gasteiger partial charge in [0.05, 0.1) is 0 Å². The molecular formula is C13H20ClFN2. The SMILES string of the molecule is Cc1cc(Cl)c(C(N)CCC(C)(C)N)cc1F. The fourth-order valence-electron chi connectivity index (χ4n) is 1.63. The third-order valence-electron chi connectivity index (χ3n) is 2.78. The molecule has 0 saturated heterocycles. The number of aryl methyl sites for hydroxylation is 1. The van der Waals surface area contributed by atoms with Gasteiger partial charge < -0.3 is 11.5 Å². The molecule has 4 N–H and O–H groups in total. The molecule has 0 radical (unpaired) electrons. The fourth-order valence-corrected chi connectivity index (χ4v) is 1.99. The van der Waals surface area contributed by atoms with Gasteiger partial charge in [0.25, 0.3) is 0 Å². The van der Waals surface area contributed by atoms with Gasteiger partial charge in [0.15, 0.2) is 0 Å². The largest absolute Gasteiger partial charge is 0.326 e. The van der Waals surface area contributed by atoms with Crippen molar-refractivity contribution in [2.45, 2.75) is 45.2 Å². The quantitative estimate of drug-likeness (QED) is 0.871. The van der Waals surface area contributed by atoms with Gasteiger partial charge in [-0.3, -0.25) is 0 Å². The summed E-state index contributed by atoms with van der Waals surface area (Å²) in [6.07, 6.45) is 1.45. The maximum absolute atomic E-state index is 13.5. The van der Waals surface area contributed by atoms with Crippen molar-refractivity contribution in [2.24, 2.45) is 11.5 Å². The van der Waals surface area contributed by atoms with Crippen LogP contribution in [0.15, 0.2) is 12.1 Å². The molecule has 4 heteroatoms. The van der Waals surface area contributed by atoms with Gasteiger partial charge in [-0.1, -0.05) is 11.6 Å². The smallest absolute Gasteiger partial charge is 0.126 e. The standard InChI is InChI=1S/C13H20ClFN2/c1-8-6-10(14)9(7-11(8)15)12(16)4-5-13(2,3)17/h6-7,12H,4-5,16-17H2,1-3H3. The molecule has 1 aromatic carbocycles. The maximum Gasteiger partial charge on any atom is 0.126 e. The second-order valence-electron chi connectivity index (χ2n) is 5.26. The molecule has 0 saturated carbocycles.